The molecule has 0 saturated carbocycles. The highest BCUT2D eigenvalue weighted by atomic mass is 79.9. The van der Waals surface area contributed by atoms with Crippen LogP contribution in [-0.2, 0) is 4.79 Å². The van der Waals surface area contributed by atoms with Crippen molar-refractivity contribution in [3.63, 3.8) is 0 Å². The van der Waals surface area contributed by atoms with Gasteiger partial charge in [-0.3, -0.25) is 4.79 Å². The van der Waals surface area contributed by atoms with Gasteiger partial charge >= 0.3 is 5.97 Å². The molecule has 1 rings (SSSR count). The normalized spacial score (nSPS) is 14.5. The average molecular weight is 291 g/mol. The Morgan fingerprint density at radius 1 is 1.50 bits per heavy atom. The van der Waals surface area contributed by atoms with Crippen molar-refractivity contribution in [3.8, 4) is 0 Å². The second kappa shape index (κ2) is 5.38. The lowest BCUT2D eigenvalue weighted by molar-refractivity contribution is -0.137. The molecule has 0 amide bonds. The fraction of sp³-hybridized carbons (Fsp3) is 0.300. The molecule has 5 N–H and O–H groups in total. The van der Waals surface area contributed by atoms with E-state index in [1.807, 2.05) is 0 Å². The first kappa shape index (κ1) is 13.1. The Hall–Kier alpha value is -0.980. The van der Waals surface area contributed by atoms with Crippen LogP contribution in [-0.4, -0.2) is 17.1 Å². The lowest BCUT2D eigenvalue weighted by Gasteiger charge is -2.19. The minimum absolute atomic E-state index is 0.211. The molecule has 88 valence electrons. The van der Waals surface area contributed by atoms with Crippen molar-refractivity contribution in [2.75, 3.05) is 0 Å². The van der Waals surface area contributed by atoms with Crippen molar-refractivity contribution in [3.05, 3.63) is 34.1 Å². The zero-order valence-corrected chi connectivity index (χ0v) is 9.95. The molecular weight excluding hydrogens is 279 g/mol. The second-order valence-corrected chi connectivity index (χ2v) is 4.37. The van der Waals surface area contributed by atoms with Crippen LogP contribution in [0.15, 0.2) is 22.7 Å². The predicted octanol–water partition coefficient (Wildman–Crippen LogP) is 1.39. The lowest BCUT2D eigenvalue weighted by Crippen LogP contribution is -2.36. The molecule has 0 radical (unpaired) electrons. The van der Waals surface area contributed by atoms with E-state index in [1.165, 1.54) is 18.2 Å². The fourth-order valence-corrected chi connectivity index (χ4v) is 1.71. The standard InChI is InChI=1S/C10H12BrFN2O2/c11-5-1-2-7(12)6(3-5)10(14)8(13)4-9(15)16/h1-3,8,10H,4,13-14H2,(H,15,16). The van der Waals surface area contributed by atoms with E-state index in [0.717, 1.165) is 0 Å². The molecule has 0 saturated heterocycles. The maximum Gasteiger partial charge on any atom is 0.304 e. The third-order valence-electron chi connectivity index (χ3n) is 2.19. The van der Waals surface area contributed by atoms with Gasteiger partial charge in [0, 0.05) is 22.1 Å². The minimum Gasteiger partial charge on any atom is -0.481 e. The van der Waals surface area contributed by atoms with E-state index in [9.17, 15) is 9.18 Å². The van der Waals surface area contributed by atoms with Crippen LogP contribution in [0.1, 0.15) is 18.0 Å². The summed E-state index contributed by atoms with van der Waals surface area (Å²) < 4.78 is 14.1. The second-order valence-electron chi connectivity index (χ2n) is 3.45. The molecule has 4 nitrogen and oxygen atoms in total. The van der Waals surface area contributed by atoms with E-state index >= 15 is 0 Å². The van der Waals surface area contributed by atoms with E-state index in [2.05, 4.69) is 15.9 Å². The number of nitrogens with two attached hydrogens (primary N) is 2. The number of halogens is 2. The van der Waals surface area contributed by atoms with Crippen molar-refractivity contribution >= 4 is 21.9 Å². The highest BCUT2D eigenvalue weighted by Gasteiger charge is 2.21. The number of carboxylic acid groups (broad SMARTS) is 1. The summed E-state index contributed by atoms with van der Waals surface area (Å²) >= 11 is 3.19. The van der Waals surface area contributed by atoms with Gasteiger partial charge in [-0.1, -0.05) is 15.9 Å². The number of carboxylic acids is 1. The summed E-state index contributed by atoms with van der Waals surface area (Å²) in [5.41, 5.74) is 11.5. The highest BCUT2D eigenvalue weighted by Crippen LogP contribution is 2.22. The first-order valence-corrected chi connectivity index (χ1v) is 5.39. The van der Waals surface area contributed by atoms with Crippen LogP contribution in [0.5, 0.6) is 0 Å². The Kier molecular flexibility index (Phi) is 4.40. The number of hydrogen-bond acceptors (Lipinski definition) is 3. The van der Waals surface area contributed by atoms with Crippen LogP contribution in [0.4, 0.5) is 4.39 Å². The smallest absolute Gasteiger partial charge is 0.304 e. The zero-order valence-electron chi connectivity index (χ0n) is 8.36. The van der Waals surface area contributed by atoms with E-state index in [4.69, 9.17) is 16.6 Å². The zero-order chi connectivity index (χ0) is 12.3. The summed E-state index contributed by atoms with van der Waals surface area (Å²) in [7, 11) is 0. The topological polar surface area (TPSA) is 89.3 Å². The van der Waals surface area contributed by atoms with Gasteiger partial charge in [0.15, 0.2) is 0 Å². The Morgan fingerprint density at radius 3 is 2.69 bits per heavy atom. The monoisotopic (exact) mass is 290 g/mol. The minimum atomic E-state index is -1.06. The van der Waals surface area contributed by atoms with Crippen molar-refractivity contribution < 1.29 is 14.3 Å². The van der Waals surface area contributed by atoms with Crippen molar-refractivity contribution in [1.82, 2.24) is 0 Å². The predicted molar refractivity (Wildman–Crippen MR) is 61.3 cm³/mol. The van der Waals surface area contributed by atoms with Crippen LogP contribution >= 0.6 is 15.9 Å². The SMILES string of the molecule is NC(CC(=O)O)C(N)c1cc(Br)ccc1F. The molecule has 0 heterocycles. The number of carbonyl (C=O) groups is 1. The molecule has 0 aliphatic carbocycles. The van der Waals surface area contributed by atoms with Crippen molar-refractivity contribution in [2.24, 2.45) is 11.5 Å². The molecule has 0 fully saturated rings. The Balaban J connectivity index is 2.90. The molecule has 16 heavy (non-hydrogen) atoms. The van der Waals surface area contributed by atoms with Gasteiger partial charge in [-0.25, -0.2) is 4.39 Å². The third kappa shape index (κ3) is 3.26. The maximum atomic E-state index is 13.4. The molecule has 1 aromatic carbocycles. The number of benzene rings is 1. The van der Waals surface area contributed by atoms with Gasteiger partial charge in [0.25, 0.3) is 0 Å². The van der Waals surface area contributed by atoms with Gasteiger partial charge < -0.3 is 16.6 Å². The maximum absolute atomic E-state index is 13.4. The Labute approximate surface area is 101 Å². The summed E-state index contributed by atoms with van der Waals surface area (Å²) in [5.74, 6) is -1.55. The van der Waals surface area contributed by atoms with Gasteiger partial charge in [-0.15, -0.1) is 0 Å². The molecule has 0 aliphatic heterocycles. The molecule has 2 atom stereocenters. The molecule has 1 aromatic rings. The fourth-order valence-electron chi connectivity index (χ4n) is 1.33. The van der Waals surface area contributed by atoms with Gasteiger partial charge in [-0.05, 0) is 18.2 Å². The molecular formula is C10H12BrFN2O2. The number of rotatable bonds is 4. The quantitative estimate of drug-likeness (QED) is 0.782. The number of aliphatic carboxylic acids is 1. The van der Waals surface area contributed by atoms with E-state index in [0.29, 0.717) is 4.47 Å². The van der Waals surface area contributed by atoms with Gasteiger partial charge in [-0.2, -0.15) is 0 Å². The summed E-state index contributed by atoms with van der Waals surface area (Å²) in [6.07, 6.45) is -0.298. The molecule has 0 spiro atoms. The van der Waals surface area contributed by atoms with Crippen LogP contribution < -0.4 is 11.5 Å². The van der Waals surface area contributed by atoms with E-state index < -0.39 is 23.9 Å². The van der Waals surface area contributed by atoms with Gasteiger partial charge in [0.05, 0.1) is 6.42 Å². The van der Waals surface area contributed by atoms with Gasteiger partial charge in [0.2, 0.25) is 0 Å². The number of hydrogen-bond donors (Lipinski definition) is 3. The van der Waals surface area contributed by atoms with E-state index in [1.54, 1.807) is 0 Å². The highest BCUT2D eigenvalue weighted by molar-refractivity contribution is 9.10. The van der Waals surface area contributed by atoms with Crippen LogP contribution in [0.2, 0.25) is 0 Å². The summed E-state index contributed by atoms with van der Waals surface area (Å²) in [6.45, 7) is 0. The largest absolute Gasteiger partial charge is 0.481 e. The summed E-state index contributed by atoms with van der Waals surface area (Å²) in [6, 6.07) is 2.64. The molecule has 0 bridgehead atoms. The summed E-state index contributed by atoms with van der Waals surface area (Å²) in [4.78, 5) is 10.5. The molecule has 2 unspecified atom stereocenters. The summed E-state index contributed by atoms with van der Waals surface area (Å²) in [5, 5.41) is 8.57. The first-order valence-electron chi connectivity index (χ1n) is 4.59. The molecule has 0 aromatic heterocycles. The molecule has 6 heteroatoms. The third-order valence-corrected chi connectivity index (χ3v) is 2.68. The van der Waals surface area contributed by atoms with Crippen LogP contribution in [0.3, 0.4) is 0 Å². The molecule has 0 aliphatic rings. The van der Waals surface area contributed by atoms with Crippen LogP contribution in [0.25, 0.3) is 0 Å². The van der Waals surface area contributed by atoms with Crippen LogP contribution in [0, 0.1) is 5.82 Å². The van der Waals surface area contributed by atoms with Crippen molar-refractivity contribution in [2.45, 2.75) is 18.5 Å². The lowest BCUT2D eigenvalue weighted by atomic mass is 9.98. The average Bonchev–Trinajstić information content (AvgIpc) is 2.19. The van der Waals surface area contributed by atoms with Crippen molar-refractivity contribution in [1.29, 1.82) is 0 Å². The first-order chi connectivity index (χ1) is 7.41. The Bertz CT molecular complexity index is 400. The van der Waals surface area contributed by atoms with Gasteiger partial charge in [0.1, 0.15) is 5.82 Å². The van der Waals surface area contributed by atoms with E-state index in [-0.39, 0.29) is 12.0 Å². The Morgan fingerprint density at radius 2 is 2.12 bits per heavy atom.